The van der Waals surface area contributed by atoms with E-state index in [0.29, 0.717) is 5.41 Å². The van der Waals surface area contributed by atoms with Gasteiger partial charge in [-0.05, 0) is 24.8 Å². The molecule has 1 fully saturated rings. The highest BCUT2D eigenvalue weighted by molar-refractivity contribution is 5.76. The second kappa shape index (κ2) is 4.30. The summed E-state index contributed by atoms with van der Waals surface area (Å²) in [5.74, 6) is -0.0605. The van der Waals surface area contributed by atoms with Gasteiger partial charge in [0.2, 0.25) is 5.91 Å². The quantitative estimate of drug-likeness (QED) is 0.725. The van der Waals surface area contributed by atoms with Crippen molar-refractivity contribution in [2.24, 2.45) is 17.1 Å². The SMILES string of the molecule is CC(C)(C)CN1CCC[C@H](C(N)=O)C1. The van der Waals surface area contributed by atoms with Gasteiger partial charge in [-0.2, -0.15) is 0 Å². The topological polar surface area (TPSA) is 46.3 Å². The second-order valence-corrected chi connectivity index (χ2v) is 5.54. The van der Waals surface area contributed by atoms with Crippen molar-refractivity contribution >= 4 is 5.91 Å². The molecular weight excluding hydrogens is 176 g/mol. The molecule has 0 saturated carbocycles. The van der Waals surface area contributed by atoms with E-state index in [1.54, 1.807) is 0 Å². The van der Waals surface area contributed by atoms with Gasteiger partial charge in [-0.1, -0.05) is 20.8 Å². The molecule has 1 aliphatic rings. The largest absolute Gasteiger partial charge is 0.369 e. The fourth-order valence-corrected chi connectivity index (χ4v) is 2.10. The molecule has 1 atom stereocenters. The fraction of sp³-hybridized carbons (Fsp3) is 0.909. The van der Waals surface area contributed by atoms with Crippen LogP contribution in [0.1, 0.15) is 33.6 Å². The van der Waals surface area contributed by atoms with Crippen molar-refractivity contribution in [2.75, 3.05) is 19.6 Å². The maximum Gasteiger partial charge on any atom is 0.221 e. The highest BCUT2D eigenvalue weighted by atomic mass is 16.1. The van der Waals surface area contributed by atoms with Crippen LogP contribution in [0.5, 0.6) is 0 Å². The van der Waals surface area contributed by atoms with Gasteiger partial charge in [0.1, 0.15) is 0 Å². The first-order valence-electron chi connectivity index (χ1n) is 5.40. The van der Waals surface area contributed by atoms with Crippen LogP contribution >= 0.6 is 0 Å². The molecule has 3 heteroatoms. The van der Waals surface area contributed by atoms with Gasteiger partial charge in [-0.3, -0.25) is 4.79 Å². The zero-order valence-corrected chi connectivity index (χ0v) is 9.55. The lowest BCUT2D eigenvalue weighted by molar-refractivity contribution is -0.123. The first-order chi connectivity index (χ1) is 6.38. The molecule has 1 rings (SSSR count). The van der Waals surface area contributed by atoms with Crippen LogP contribution in [0.25, 0.3) is 0 Å². The van der Waals surface area contributed by atoms with Gasteiger partial charge in [-0.15, -0.1) is 0 Å². The van der Waals surface area contributed by atoms with E-state index < -0.39 is 0 Å². The van der Waals surface area contributed by atoms with Gasteiger partial charge >= 0.3 is 0 Å². The Morgan fingerprint density at radius 1 is 1.50 bits per heavy atom. The van der Waals surface area contributed by atoms with Crippen LogP contribution in [0.15, 0.2) is 0 Å². The molecule has 0 aromatic carbocycles. The Bertz CT molecular complexity index is 208. The molecule has 3 nitrogen and oxygen atoms in total. The van der Waals surface area contributed by atoms with Crippen molar-refractivity contribution in [3.05, 3.63) is 0 Å². The Balaban J connectivity index is 2.44. The molecule has 0 unspecified atom stereocenters. The molecule has 0 bridgehead atoms. The molecule has 1 amide bonds. The molecule has 2 N–H and O–H groups in total. The van der Waals surface area contributed by atoms with Crippen LogP contribution in [0.4, 0.5) is 0 Å². The van der Waals surface area contributed by atoms with E-state index in [-0.39, 0.29) is 11.8 Å². The summed E-state index contributed by atoms with van der Waals surface area (Å²) in [6.45, 7) is 9.69. The monoisotopic (exact) mass is 198 g/mol. The fourth-order valence-electron chi connectivity index (χ4n) is 2.10. The number of nitrogens with two attached hydrogens (primary N) is 1. The molecule has 0 spiro atoms. The summed E-state index contributed by atoms with van der Waals surface area (Å²) < 4.78 is 0. The minimum Gasteiger partial charge on any atom is -0.369 e. The number of hydrogen-bond donors (Lipinski definition) is 1. The molecule has 0 aliphatic carbocycles. The Kier molecular flexibility index (Phi) is 3.53. The summed E-state index contributed by atoms with van der Waals surface area (Å²) in [7, 11) is 0. The predicted molar refractivity (Wildman–Crippen MR) is 57.8 cm³/mol. The summed E-state index contributed by atoms with van der Waals surface area (Å²) in [5.41, 5.74) is 5.63. The van der Waals surface area contributed by atoms with E-state index in [0.717, 1.165) is 32.5 Å². The molecule has 1 aliphatic heterocycles. The third-order valence-corrected chi connectivity index (χ3v) is 2.61. The van der Waals surface area contributed by atoms with Crippen LogP contribution in [-0.4, -0.2) is 30.4 Å². The third kappa shape index (κ3) is 3.66. The maximum atomic E-state index is 11.1. The van der Waals surface area contributed by atoms with Gasteiger partial charge < -0.3 is 10.6 Å². The second-order valence-electron chi connectivity index (χ2n) is 5.54. The van der Waals surface area contributed by atoms with Crippen molar-refractivity contribution in [2.45, 2.75) is 33.6 Å². The van der Waals surface area contributed by atoms with Crippen LogP contribution in [-0.2, 0) is 4.79 Å². The Hall–Kier alpha value is -0.570. The van der Waals surface area contributed by atoms with E-state index in [9.17, 15) is 4.79 Å². The van der Waals surface area contributed by atoms with Crippen molar-refractivity contribution in [1.29, 1.82) is 0 Å². The third-order valence-electron chi connectivity index (χ3n) is 2.61. The summed E-state index contributed by atoms with van der Waals surface area (Å²) in [6, 6.07) is 0. The van der Waals surface area contributed by atoms with Crippen LogP contribution in [0.2, 0.25) is 0 Å². The molecule has 1 saturated heterocycles. The molecule has 0 aromatic heterocycles. The molecular formula is C11H22N2O. The van der Waals surface area contributed by atoms with Crippen molar-refractivity contribution in [1.82, 2.24) is 4.90 Å². The number of piperidine rings is 1. The Morgan fingerprint density at radius 2 is 2.14 bits per heavy atom. The number of nitrogens with zero attached hydrogens (tertiary/aromatic N) is 1. The van der Waals surface area contributed by atoms with Gasteiger partial charge in [0.25, 0.3) is 0 Å². The smallest absolute Gasteiger partial charge is 0.221 e. The van der Waals surface area contributed by atoms with E-state index in [2.05, 4.69) is 25.7 Å². The Morgan fingerprint density at radius 3 is 2.64 bits per heavy atom. The van der Waals surface area contributed by atoms with Gasteiger partial charge in [0, 0.05) is 13.1 Å². The number of primary amides is 1. The van der Waals surface area contributed by atoms with Gasteiger partial charge in [0.05, 0.1) is 5.92 Å². The van der Waals surface area contributed by atoms with Crippen LogP contribution in [0, 0.1) is 11.3 Å². The number of likely N-dealkylation sites (tertiary alicyclic amines) is 1. The van der Waals surface area contributed by atoms with E-state index in [4.69, 9.17) is 5.73 Å². The molecule has 82 valence electrons. The average molecular weight is 198 g/mol. The highest BCUT2D eigenvalue weighted by Crippen LogP contribution is 2.21. The predicted octanol–water partition coefficient (Wildman–Crippen LogP) is 1.23. The summed E-state index contributed by atoms with van der Waals surface area (Å²) in [4.78, 5) is 13.4. The number of carbonyl (C=O) groups excluding carboxylic acids is 1. The van der Waals surface area contributed by atoms with Crippen LogP contribution in [0.3, 0.4) is 0 Å². The summed E-state index contributed by atoms with van der Waals surface area (Å²) >= 11 is 0. The summed E-state index contributed by atoms with van der Waals surface area (Å²) in [5, 5.41) is 0. The minimum atomic E-state index is -0.136. The van der Waals surface area contributed by atoms with Crippen molar-refractivity contribution in [3.8, 4) is 0 Å². The van der Waals surface area contributed by atoms with Gasteiger partial charge in [0.15, 0.2) is 0 Å². The average Bonchev–Trinajstić information content (AvgIpc) is 2.01. The number of hydrogen-bond acceptors (Lipinski definition) is 2. The maximum absolute atomic E-state index is 11.1. The van der Waals surface area contributed by atoms with E-state index in [1.807, 2.05) is 0 Å². The Labute approximate surface area is 86.6 Å². The number of amides is 1. The number of rotatable bonds is 2. The van der Waals surface area contributed by atoms with Crippen LogP contribution < -0.4 is 5.73 Å². The lowest BCUT2D eigenvalue weighted by atomic mass is 9.92. The highest BCUT2D eigenvalue weighted by Gasteiger charge is 2.26. The molecule has 0 radical (unpaired) electrons. The zero-order valence-electron chi connectivity index (χ0n) is 9.55. The lowest BCUT2D eigenvalue weighted by Crippen LogP contribution is -2.44. The van der Waals surface area contributed by atoms with E-state index >= 15 is 0 Å². The van der Waals surface area contributed by atoms with E-state index in [1.165, 1.54) is 0 Å². The normalized spacial score (nSPS) is 24.9. The molecule has 0 aromatic rings. The zero-order chi connectivity index (χ0) is 10.8. The minimum absolute atomic E-state index is 0.0751. The standard InChI is InChI=1S/C11H22N2O/c1-11(2,3)8-13-6-4-5-9(7-13)10(12)14/h9H,4-8H2,1-3H3,(H2,12,14)/t9-/m0/s1. The molecule has 1 heterocycles. The van der Waals surface area contributed by atoms with Crippen molar-refractivity contribution < 1.29 is 4.79 Å². The van der Waals surface area contributed by atoms with Gasteiger partial charge in [-0.25, -0.2) is 0 Å². The first kappa shape index (κ1) is 11.5. The lowest BCUT2D eigenvalue weighted by Gasteiger charge is -2.35. The van der Waals surface area contributed by atoms with Crippen molar-refractivity contribution in [3.63, 3.8) is 0 Å². The first-order valence-corrected chi connectivity index (χ1v) is 5.40. The molecule has 14 heavy (non-hydrogen) atoms. The number of carbonyl (C=O) groups is 1. The summed E-state index contributed by atoms with van der Waals surface area (Å²) in [6.07, 6.45) is 2.07.